The summed E-state index contributed by atoms with van der Waals surface area (Å²) in [5, 5.41) is 3.45. The number of piperidine rings is 1. The van der Waals surface area contributed by atoms with Crippen molar-refractivity contribution in [3.05, 3.63) is 35.9 Å². The summed E-state index contributed by atoms with van der Waals surface area (Å²) < 4.78 is 17.9. The lowest BCUT2D eigenvalue weighted by atomic mass is 10.1. The van der Waals surface area contributed by atoms with Crippen LogP contribution in [0, 0.1) is 0 Å². The number of halogens is 1. The zero-order valence-corrected chi connectivity index (χ0v) is 22.2. The molecular formula is C25H42IN3O3. The van der Waals surface area contributed by atoms with Crippen molar-refractivity contribution in [1.82, 2.24) is 10.2 Å². The van der Waals surface area contributed by atoms with Gasteiger partial charge in [0.05, 0.1) is 24.9 Å². The summed E-state index contributed by atoms with van der Waals surface area (Å²) in [5.74, 6) is 1.02. The first-order valence-corrected chi connectivity index (χ1v) is 12.2. The highest BCUT2D eigenvalue weighted by atomic mass is 127. The minimum absolute atomic E-state index is 0. The molecule has 0 aliphatic carbocycles. The molecule has 1 aromatic carbocycles. The van der Waals surface area contributed by atoms with E-state index in [2.05, 4.69) is 48.3 Å². The Morgan fingerprint density at radius 1 is 1.19 bits per heavy atom. The van der Waals surface area contributed by atoms with Gasteiger partial charge in [0.1, 0.15) is 0 Å². The number of hydrogen-bond acceptors (Lipinski definition) is 4. The van der Waals surface area contributed by atoms with Crippen LogP contribution in [0.2, 0.25) is 0 Å². The van der Waals surface area contributed by atoms with E-state index >= 15 is 0 Å². The molecule has 2 aliphatic heterocycles. The Morgan fingerprint density at radius 3 is 2.66 bits per heavy atom. The molecule has 2 aliphatic rings. The average molecular weight is 560 g/mol. The lowest BCUT2D eigenvalue weighted by molar-refractivity contribution is -0.0721. The molecule has 2 heterocycles. The molecule has 2 unspecified atom stereocenters. The molecule has 1 N–H and O–H groups in total. The summed E-state index contributed by atoms with van der Waals surface area (Å²) in [5.41, 5.74) is 1.22. The second-order valence-corrected chi connectivity index (χ2v) is 8.52. The first kappa shape index (κ1) is 27.3. The van der Waals surface area contributed by atoms with Gasteiger partial charge in [-0.2, -0.15) is 0 Å². The molecule has 2 atom stereocenters. The lowest BCUT2D eigenvalue weighted by Crippen LogP contribution is -2.47. The second kappa shape index (κ2) is 15.9. The molecule has 2 fully saturated rings. The molecule has 7 heteroatoms. The predicted octanol–water partition coefficient (Wildman–Crippen LogP) is 4.79. The van der Waals surface area contributed by atoms with E-state index in [4.69, 9.17) is 19.2 Å². The Labute approximate surface area is 211 Å². The molecule has 1 aromatic rings. The molecule has 0 aromatic heterocycles. The van der Waals surface area contributed by atoms with Gasteiger partial charge in [-0.05, 0) is 57.9 Å². The van der Waals surface area contributed by atoms with Crippen LogP contribution < -0.4 is 5.32 Å². The quantitative estimate of drug-likeness (QED) is 0.194. The summed E-state index contributed by atoms with van der Waals surface area (Å²) in [7, 11) is 0. The van der Waals surface area contributed by atoms with Crippen molar-refractivity contribution < 1.29 is 14.2 Å². The van der Waals surface area contributed by atoms with Crippen LogP contribution in [-0.4, -0.2) is 69.1 Å². The van der Waals surface area contributed by atoms with Gasteiger partial charge in [0.2, 0.25) is 0 Å². The van der Waals surface area contributed by atoms with Crippen LogP contribution in [0.25, 0.3) is 0 Å². The molecule has 0 bridgehead atoms. The van der Waals surface area contributed by atoms with E-state index in [-0.39, 0.29) is 30.1 Å². The van der Waals surface area contributed by atoms with E-state index in [0.29, 0.717) is 12.2 Å². The highest BCUT2D eigenvalue weighted by Crippen LogP contribution is 2.18. The Morgan fingerprint density at radius 2 is 1.97 bits per heavy atom. The van der Waals surface area contributed by atoms with Crippen LogP contribution in [0.3, 0.4) is 0 Å². The van der Waals surface area contributed by atoms with Gasteiger partial charge in [-0.1, -0.05) is 30.3 Å². The summed E-state index contributed by atoms with van der Waals surface area (Å²) in [4.78, 5) is 7.21. The number of likely N-dealkylation sites (tertiary alicyclic amines) is 1. The third-order valence-corrected chi connectivity index (χ3v) is 6.07. The summed E-state index contributed by atoms with van der Waals surface area (Å²) in [6.45, 7) is 10.2. The van der Waals surface area contributed by atoms with Crippen molar-refractivity contribution in [2.75, 3.05) is 46.0 Å². The van der Waals surface area contributed by atoms with E-state index in [0.717, 1.165) is 77.6 Å². The molecule has 0 spiro atoms. The van der Waals surface area contributed by atoms with Crippen LogP contribution >= 0.6 is 24.0 Å². The number of rotatable bonds is 10. The Kier molecular flexibility index (Phi) is 13.5. The van der Waals surface area contributed by atoms with Crippen molar-refractivity contribution in [2.45, 2.75) is 70.7 Å². The van der Waals surface area contributed by atoms with Crippen LogP contribution in [-0.2, 0) is 14.2 Å². The van der Waals surface area contributed by atoms with Crippen LogP contribution in [0.5, 0.6) is 0 Å². The zero-order valence-electron chi connectivity index (χ0n) is 19.8. The van der Waals surface area contributed by atoms with E-state index < -0.39 is 0 Å². The molecule has 3 rings (SSSR count). The maximum Gasteiger partial charge on any atom is 0.193 e. The Bertz CT molecular complexity index is 633. The van der Waals surface area contributed by atoms with Gasteiger partial charge >= 0.3 is 0 Å². The van der Waals surface area contributed by atoms with Gasteiger partial charge in [0, 0.05) is 39.4 Å². The number of guanidine groups is 1. The van der Waals surface area contributed by atoms with Crippen molar-refractivity contribution >= 4 is 29.9 Å². The summed E-state index contributed by atoms with van der Waals surface area (Å²) in [6.07, 6.45) is 7.40. The number of benzene rings is 1. The highest BCUT2D eigenvalue weighted by Gasteiger charge is 2.23. The number of aliphatic imine (C=N–C) groups is 1. The van der Waals surface area contributed by atoms with Crippen molar-refractivity contribution in [1.29, 1.82) is 0 Å². The van der Waals surface area contributed by atoms with Gasteiger partial charge in [-0.25, -0.2) is 0 Å². The van der Waals surface area contributed by atoms with Gasteiger partial charge in [-0.3, -0.25) is 4.99 Å². The molecular weight excluding hydrogens is 517 g/mol. The normalized spacial score (nSPS) is 21.1. The monoisotopic (exact) mass is 559 g/mol. The van der Waals surface area contributed by atoms with E-state index in [1.165, 1.54) is 18.4 Å². The average Bonchev–Trinajstić information content (AvgIpc) is 2.83. The Balaban J connectivity index is 0.00000363. The fourth-order valence-corrected chi connectivity index (χ4v) is 4.17. The third kappa shape index (κ3) is 9.53. The van der Waals surface area contributed by atoms with E-state index in [1.807, 2.05) is 6.07 Å². The Hall–Kier alpha value is -0.900. The van der Waals surface area contributed by atoms with Crippen molar-refractivity contribution in [3.63, 3.8) is 0 Å². The highest BCUT2D eigenvalue weighted by molar-refractivity contribution is 14.0. The first-order chi connectivity index (χ1) is 15.3. The zero-order chi connectivity index (χ0) is 21.7. The predicted molar refractivity (Wildman–Crippen MR) is 141 cm³/mol. The minimum atomic E-state index is 0. The first-order valence-electron chi connectivity index (χ1n) is 12.2. The lowest BCUT2D eigenvalue weighted by Gasteiger charge is -2.35. The molecule has 0 radical (unpaired) electrons. The summed E-state index contributed by atoms with van der Waals surface area (Å²) in [6, 6.07) is 10.4. The summed E-state index contributed by atoms with van der Waals surface area (Å²) >= 11 is 0. The van der Waals surface area contributed by atoms with Crippen molar-refractivity contribution in [2.24, 2.45) is 4.99 Å². The van der Waals surface area contributed by atoms with Crippen LogP contribution in [0.15, 0.2) is 35.3 Å². The van der Waals surface area contributed by atoms with Gasteiger partial charge in [-0.15, -0.1) is 24.0 Å². The van der Waals surface area contributed by atoms with Crippen LogP contribution in [0.4, 0.5) is 0 Å². The molecule has 0 saturated carbocycles. The minimum Gasteiger partial charge on any atom is -0.376 e. The molecule has 182 valence electrons. The van der Waals surface area contributed by atoms with E-state index in [9.17, 15) is 0 Å². The second-order valence-electron chi connectivity index (χ2n) is 8.52. The smallest absolute Gasteiger partial charge is 0.193 e. The fourth-order valence-electron chi connectivity index (χ4n) is 4.17. The SMILES string of the molecule is CCNC(=NCCCOC(C)c1ccccc1)N1CCC(OCC2CCCCO2)CC1.I. The largest absolute Gasteiger partial charge is 0.376 e. The topological polar surface area (TPSA) is 55.3 Å². The van der Waals surface area contributed by atoms with Crippen molar-refractivity contribution in [3.8, 4) is 0 Å². The molecule has 2 saturated heterocycles. The molecule has 0 amide bonds. The van der Waals surface area contributed by atoms with Gasteiger partial charge in [0.15, 0.2) is 5.96 Å². The van der Waals surface area contributed by atoms with Gasteiger partial charge in [0.25, 0.3) is 0 Å². The third-order valence-electron chi connectivity index (χ3n) is 6.07. The fraction of sp³-hybridized carbons (Fsp3) is 0.720. The number of nitrogens with one attached hydrogen (secondary N) is 1. The van der Waals surface area contributed by atoms with Crippen LogP contribution in [0.1, 0.15) is 64.0 Å². The molecule has 32 heavy (non-hydrogen) atoms. The number of hydrogen-bond donors (Lipinski definition) is 1. The maximum absolute atomic E-state index is 6.15. The standard InChI is InChI=1S/C25H41N3O3.HI/c1-3-26-25(27-15-9-19-29-21(2)22-10-5-4-6-11-22)28-16-13-23(14-17-28)31-20-24-12-7-8-18-30-24;/h4-6,10-11,21,23-24H,3,7-9,12-20H2,1-2H3,(H,26,27);1H. The van der Waals surface area contributed by atoms with Gasteiger partial charge < -0.3 is 24.4 Å². The number of ether oxygens (including phenoxy) is 3. The maximum atomic E-state index is 6.15. The van der Waals surface area contributed by atoms with E-state index in [1.54, 1.807) is 0 Å². The molecule has 6 nitrogen and oxygen atoms in total. The number of nitrogens with zero attached hydrogens (tertiary/aromatic N) is 2.